The Morgan fingerprint density at radius 2 is 2.37 bits per heavy atom. The predicted molar refractivity (Wildman–Crippen MR) is 80.0 cm³/mol. The molecule has 2 aliphatic rings. The van der Waals surface area contributed by atoms with Crippen molar-refractivity contribution in [3.63, 3.8) is 0 Å². The molecule has 4 heteroatoms. The van der Waals surface area contributed by atoms with Gasteiger partial charge in [-0.05, 0) is 25.4 Å². The van der Waals surface area contributed by atoms with E-state index in [2.05, 4.69) is 9.98 Å². The molecule has 0 unspecified atom stereocenters. The second kappa shape index (κ2) is 7.43. The van der Waals surface area contributed by atoms with Crippen molar-refractivity contribution in [2.24, 2.45) is 9.98 Å². The molecule has 4 nitrogen and oxygen atoms in total. The maximum absolute atomic E-state index is 7.54. The summed E-state index contributed by atoms with van der Waals surface area (Å²) in [6, 6.07) is 0. The molecule has 0 amide bonds. The van der Waals surface area contributed by atoms with E-state index in [1.54, 1.807) is 6.92 Å². The second-order valence-electron chi connectivity index (χ2n) is 4.71. The van der Waals surface area contributed by atoms with E-state index in [4.69, 9.17) is 11.6 Å². The van der Waals surface area contributed by atoms with Crippen molar-refractivity contribution in [2.45, 2.75) is 39.0 Å². The van der Waals surface area contributed by atoms with Crippen LogP contribution in [0.3, 0.4) is 0 Å². The Labute approximate surface area is 123 Å². The number of nitrogens with zero attached hydrogens (tertiary/aromatic N) is 3. The van der Waals surface area contributed by atoms with Crippen molar-refractivity contribution in [2.75, 3.05) is 33.3 Å². The summed E-state index contributed by atoms with van der Waals surface area (Å²) in [7, 11) is 0. The molecule has 0 spiro atoms. The smallest absolute Gasteiger partial charge is 0.237 e. The van der Waals surface area contributed by atoms with Gasteiger partial charge in [-0.25, -0.2) is 4.99 Å². The third-order valence-electron chi connectivity index (χ3n) is 3.16. The molecule has 19 heavy (non-hydrogen) atoms. The van der Waals surface area contributed by atoms with Gasteiger partial charge in [-0.1, -0.05) is 32.2 Å². The Bertz CT molecular complexity index is 534. The largest absolute Gasteiger partial charge is 0.476 e. The highest BCUT2D eigenvalue weighted by Crippen LogP contribution is 2.14. The minimum absolute atomic E-state index is 0.313. The minimum Gasteiger partial charge on any atom is -0.476 e. The van der Waals surface area contributed by atoms with E-state index >= 15 is 0 Å². The number of ether oxygens (including phenoxy) is 1. The third-order valence-corrected chi connectivity index (χ3v) is 3.16. The van der Waals surface area contributed by atoms with Crippen molar-refractivity contribution < 1.29 is 11.6 Å². The van der Waals surface area contributed by atoms with Gasteiger partial charge in [-0.2, -0.15) is 0 Å². The molecule has 0 N–H and O–H groups in total. The highest BCUT2D eigenvalue weighted by atomic mass is 16.5. The fraction of sp³-hybridized carbons (Fsp3) is 0.733. The molecule has 2 aliphatic heterocycles. The molecular formula is C15H25N3O. The van der Waals surface area contributed by atoms with Gasteiger partial charge in [-0.15, -0.1) is 0 Å². The number of unbranched alkanes of at least 4 members (excludes halogenated alkanes) is 1. The first kappa shape index (κ1) is 8.90. The van der Waals surface area contributed by atoms with Crippen LogP contribution in [0.15, 0.2) is 21.6 Å². The molecule has 0 aromatic carbocycles. The molecule has 0 aromatic heterocycles. The molecule has 0 fully saturated rings. The Hall–Kier alpha value is -1.16. The maximum atomic E-state index is 7.54. The average molecular weight is 268 g/mol. The van der Waals surface area contributed by atoms with Gasteiger partial charge in [0.25, 0.3) is 0 Å². The standard InChI is InChI=1S/C15H25N3O/c1-3-4-5-6-10-19-15-14(16-12-17-15)13-8-7-9-18(2)11-13/h8H,3-7,9-12H2,1-2H3/i2D3,3D2. The summed E-state index contributed by atoms with van der Waals surface area (Å²) in [5.41, 5.74) is 1.52. The Morgan fingerprint density at radius 1 is 1.42 bits per heavy atom. The zero-order valence-electron chi connectivity index (χ0n) is 16.5. The quantitative estimate of drug-likeness (QED) is 0.694. The van der Waals surface area contributed by atoms with Gasteiger partial charge < -0.3 is 9.64 Å². The summed E-state index contributed by atoms with van der Waals surface area (Å²) < 4.78 is 43.3. The van der Waals surface area contributed by atoms with Crippen LogP contribution in [0.4, 0.5) is 0 Å². The first-order chi connectivity index (χ1) is 11.2. The molecule has 0 bridgehead atoms. The highest BCUT2D eigenvalue weighted by molar-refractivity contribution is 6.46. The van der Waals surface area contributed by atoms with Gasteiger partial charge in [-0.3, -0.25) is 4.99 Å². The van der Waals surface area contributed by atoms with Crippen molar-refractivity contribution in [1.29, 1.82) is 0 Å². The minimum atomic E-state index is -2.10. The Balaban J connectivity index is 1.84. The lowest BCUT2D eigenvalue weighted by molar-refractivity contribution is 0.298. The first-order valence-corrected chi connectivity index (χ1v) is 6.83. The number of aliphatic imine (C=N–C) groups is 2. The van der Waals surface area contributed by atoms with Crippen molar-refractivity contribution in [3.8, 4) is 0 Å². The predicted octanol–water partition coefficient (Wildman–Crippen LogP) is 2.66. The third kappa shape index (κ3) is 4.16. The van der Waals surface area contributed by atoms with E-state index in [-0.39, 0.29) is 0 Å². The summed E-state index contributed by atoms with van der Waals surface area (Å²) in [5, 5.41) is 0. The van der Waals surface area contributed by atoms with Crippen LogP contribution in [0.1, 0.15) is 45.8 Å². The van der Waals surface area contributed by atoms with Crippen LogP contribution in [0.5, 0.6) is 0 Å². The number of hydrogen-bond donors (Lipinski definition) is 0. The molecule has 0 saturated carbocycles. The molecule has 2 rings (SSSR count). The van der Waals surface area contributed by atoms with Gasteiger partial charge in [0.15, 0.2) is 0 Å². The molecule has 2 heterocycles. The van der Waals surface area contributed by atoms with Crippen LogP contribution in [0.25, 0.3) is 0 Å². The van der Waals surface area contributed by atoms with Crippen molar-refractivity contribution in [1.82, 2.24) is 4.90 Å². The zero-order chi connectivity index (χ0) is 17.8. The normalized spacial score (nSPS) is 25.3. The van der Waals surface area contributed by atoms with Crippen LogP contribution < -0.4 is 0 Å². The molecule has 0 saturated heterocycles. The number of hydrogen-bond acceptors (Lipinski definition) is 4. The Morgan fingerprint density at radius 3 is 3.21 bits per heavy atom. The first-order valence-electron chi connectivity index (χ1n) is 9.33. The molecular weight excluding hydrogens is 238 g/mol. The Kier molecular flexibility index (Phi) is 3.48. The molecule has 0 atom stereocenters. The van der Waals surface area contributed by atoms with Gasteiger partial charge in [0.1, 0.15) is 12.4 Å². The van der Waals surface area contributed by atoms with Crippen molar-refractivity contribution >= 4 is 11.6 Å². The summed E-state index contributed by atoms with van der Waals surface area (Å²) >= 11 is 0. The van der Waals surface area contributed by atoms with Crippen molar-refractivity contribution in [3.05, 3.63) is 11.6 Å². The van der Waals surface area contributed by atoms with E-state index in [0.717, 1.165) is 18.4 Å². The van der Waals surface area contributed by atoms with E-state index in [1.165, 1.54) is 4.90 Å². The molecule has 0 radical (unpaired) electrons. The number of likely N-dealkylation sites (N-methyl/N-ethyl adjacent to an activating group) is 1. The zero-order valence-corrected chi connectivity index (χ0v) is 11.5. The highest BCUT2D eigenvalue weighted by Gasteiger charge is 2.22. The lowest BCUT2D eigenvalue weighted by Gasteiger charge is -2.23. The second-order valence-corrected chi connectivity index (χ2v) is 4.71. The molecule has 0 aliphatic carbocycles. The van der Waals surface area contributed by atoms with E-state index in [9.17, 15) is 0 Å². The van der Waals surface area contributed by atoms with Crippen LogP contribution in [0.2, 0.25) is 0 Å². The van der Waals surface area contributed by atoms with Crippen LogP contribution in [-0.4, -0.2) is 49.9 Å². The van der Waals surface area contributed by atoms with Crippen LogP contribution >= 0.6 is 0 Å². The molecule has 0 aromatic rings. The van der Waals surface area contributed by atoms with Crippen LogP contribution in [-0.2, 0) is 4.74 Å². The maximum Gasteiger partial charge on any atom is 0.237 e. The lowest BCUT2D eigenvalue weighted by atomic mass is 10.1. The summed E-state index contributed by atoms with van der Waals surface area (Å²) in [6.45, 7) is 1.09. The average Bonchev–Trinajstić information content (AvgIpc) is 2.93. The molecule has 106 valence electrons. The lowest BCUT2D eigenvalue weighted by Crippen LogP contribution is -2.31. The topological polar surface area (TPSA) is 37.2 Å². The van der Waals surface area contributed by atoms with E-state index in [0.29, 0.717) is 50.8 Å². The van der Waals surface area contributed by atoms with E-state index in [1.807, 2.05) is 6.08 Å². The summed E-state index contributed by atoms with van der Waals surface area (Å²) in [5.74, 6) is 0.480. The van der Waals surface area contributed by atoms with E-state index < -0.39 is 13.3 Å². The SMILES string of the molecule is [2H]C([2H])(C)CCCCOC1=NCN=C1C1=CCCN(C([2H])([2H])[2H])C1. The van der Waals surface area contributed by atoms with Gasteiger partial charge in [0.05, 0.1) is 6.61 Å². The monoisotopic (exact) mass is 268 g/mol. The van der Waals surface area contributed by atoms with Gasteiger partial charge in [0.2, 0.25) is 5.90 Å². The van der Waals surface area contributed by atoms with Gasteiger partial charge >= 0.3 is 0 Å². The van der Waals surface area contributed by atoms with Gasteiger partial charge in [0, 0.05) is 19.9 Å². The van der Waals surface area contributed by atoms with Crippen LogP contribution in [0, 0.1) is 0 Å². The fourth-order valence-electron chi connectivity index (χ4n) is 2.15. The summed E-state index contributed by atoms with van der Waals surface area (Å²) in [4.78, 5) is 10.0. The number of rotatable bonds is 6. The fourth-order valence-corrected chi connectivity index (χ4v) is 2.15. The summed E-state index contributed by atoms with van der Waals surface area (Å²) in [6.07, 6.45) is 3.53.